The summed E-state index contributed by atoms with van der Waals surface area (Å²) in [4.78, 5) is 12.1. The number of hydrogen-bond donors (Lipinski definition) is 1. The number of nitrogens with zero attached hydrogens (tertiary/aromatic N) is 2. The maximum Gasteiger partial charge on any atom is 0.254 e. The minimum absolute atomic E-state index is 0.0499. The Kier molecular flexibility index (Phi) is 4.99. The predicted molar refractivity (Wildman–Crippen MR) is 67.9 cm³/mol. The SMILES string of the molecule is CCCC(Br)CNC(=O)c1cnn(C)c1C. The minimum atomic E-state index is -0.0499. The monoisotopic (exact) mass is 287 g/mol. The molecule has 1 aromatic rings. The third kappa shape index (κ3) is 3.33. The van der Waals surface area contributed by atoms with Crippen LogP contribution in [0.3, 0.4) is 0 Å². The summed E-state index contributed by atoms with van der Waals surface area (Å²) in [5.74, 6) is -0.0499. The van der Waals surface area contributed by atoms with Crippen LogP contribution >= 0.6 is 15.9 Å². The molecule has 1 rings (SSSR count). The van der Waals surface area contributed by atoms with Crippen molar-refractivity contribution in [3.05, 3.63) is 17.5 Å². The highest BCUT2D eigenvalue weighted by Gasteiger charge is 2.13. The normalized spacial score (nSPS) is 12.5. The molecule has 1 unspecified atom stereocenters. The molecule has 1 atom stereocenters. The number of rotatable bonds is 5. The first kappa shape index (κ1) is 13.2. The van der Waals surface area contributed by atoms with E-state index < -0.39 is 0 Å². The van der Waals surface area contributed by atoms with Gasteiger partial charge in [-0.3, -0.25) is 9.48 Å². The zero-order valence-corrected chi connectivity index (χ0v) is 11.5. The van der Waals surface area contributed by atoms with E-state index in [1.54, 1.807) is 10.9 Å². The van der Waals surface area contributed by atoms with Gasteiger partial charge in [0.1, 0.15) is 0 Å². The van der Waals surface area contributed by atoms with Gasteiger partial charge in [-0.2, -0.15) is 5.10 Å². The highest BCUT2D eigenvalue weighted by Crippen LogP contribution is 2.08. The van der Waals surface area contributed by atoms with Gasteiger partial charge in [-0.05, 0) is 13.3 Å². The van der Waals surface area contributed by atoms with Crippen molar-refractivity contribution in [2.24, 2.45) is 7.05 Å². The second-order valence-corrected chi connectivity index (χ2v) is 5.16. The average molecular weight is 288 g/mol. The molecule has 0 saturated carbocycles. The van der Waals surface area contributed by atoms with Crippen LogP contribution in [0.25, 0.3) is 0 Å². The Morgan fingerprint density at radius 3 is 2.88 bits per heavy atom. The highest BCUT2D eigenvalue weighted by atomic mass is 79.9. The quantitative estimate of drug-likeness (QED) is 0.843. The molecule has 0 aliphatic rings. The first-order chi connectivity index (χ1) is 7.56. The fourth-order valence-electron chi connectivity index (χ4n) is 1.44. The molecular weight excluding hydrogens is 270 g/mol. The van der Waals surface area contributed by atoms with Gasteiger partial charge in [-0.1, -0.05) is 29.3 Å². The summed E-state index contributed by atoms with van der Waals surface area (Å²) >= 11 is 3.53. The van der Waals surface area contributed by atoms with Crippen LogP contribution in [0.4, 0.5) is 0 Å². The van der Waals surface area contributed by atoms with Gasteiger partial charge in [0.25, 0.3) is 5.91 Å². The summed E-state index contributed by atoms with van der Waals surface area (Å²) in [5.41, 5.74) is 1.54. The standard InChI is InChI=1S/C11H18BrN3O/c1-4-5-9(12)6-13-11(16)10-7-14-15(3)8(10)2/h7,9H,4-6H2,1-3H3,(H,13,16). The number of carbonyl (C=O) groups is 1. The second-order valence-electron chi connectivity index (χ2n) is 3.86. The Labute approximate surface area is 105 Å². The van der Waals surface area contributed by atoms with E-state index in [1.807, 2.05) is 14.0 Å². The fourth-order valence-corrected chi connectivity index (χ4v) is 2.06. The molecule has 16 heavy (non-hydrogen) atoms. The number of carbonyl (C=O) groups excluding carboxylic acids is 1. The maximum absolute atomic E-state index is 11.8. The van der Waals surface area contributed by atoms with Crippen LogP contribution in [0.15, 0.2) is 6.20 Å². The van der Waals surface area contributed by atoms with E-state index in [2.05, 4.69) is 33.3 Å². The van der Waals surface area contributed by atoms with Crippen molar-refractivity contribution in [2.45, 2.75) is 31.5 Å². The van der Waals surface area contributed by atoms with E-state index in [9.17, 15) is 4.79 Å². The van der Waals surface area contributed by atoms with E-state index >= 15 is 0 Å². The number of aromatic nitrogens is 2. The molecule has 0 fully saturated rings. The van der Waals surface area contributed by atoms with Gasteiger partial charge in [0.05, 0.1) is 11.8 Å². The van der Waals surface area contributed by atoms with Gasteiger partial charge in [-0.25, -0.2) is 0 Å². The summed E-state index contributed by atoms with van der Waals surface area (Å²) in [5, 5.41) is 6.94. The Hall–Kier alpha value is -0.840. The van der Waals surface area contributed by atoms with Crippen molar-refractivity contribution in [3.63, 3.8) is 0 Å². The Balaban J connectivity index is 2.50. The van der Waals surface area contributed by atoms with E-state index in [-0.39, 0.29) is 5.91 Å². The van der Waals surface area contributed by atoms with E-state index in [4.69, 9.17) is 0 Å². The molecule has 5 heteroatoms. The van der Waals surface area contributed by atoms with Gasteiger partial charge in [0.15, 0.2) is 0 Å². The molecule has 4 nitrogen and oxygen atoms in total. The molecule has 1 N–H and O–H groups in total. The first-order valence-electron chi connectivity index (χ1n) is 5.47. The molecule has 0 spiro atoms. The molecule has 0 radical (unpaired) electrons. The highest BCUT2D eigenvalue weighted by molar-refractivity contribution is 9.09. The molecule has 1 heterocycles. The Morgan fingerprint density at radius 1 is 1.69 bits per heavy atom. The van der Waals surface area contributed by atoms with Crippen LogP contribution in [-0.2, 0) is 7.05 Å². The first-order valence-corrected chi connectivity index (χ1v) is 6.38. The molecule has 1 amide bonds. The third-order valence-corrected chi connectivity index (χ3v) is 3.35. The minimum Gasteiger partial charge on any atom is -0.351 e. The van der Waals surface area contributed by atoms with Crippen molar-refractivity contribution in [1.29, 1.82) is 0 Å². The number of hydrogen-bond acceptors (Lipinski definition) is 2. The number of halogens is 1. The van der Waals surface area contributed by atoms with Crippen molar-refractivity contribution < 1.29 is 4.79 Å². The lowest BCUT2D eigenvalue weighted by molar-refractivity contribution is 0.0953. The number of alkyl halides is 1. The summed E-state index contributed by atoms with van der Waals surface area (Å²) in [7, 11) is 1.83. The largest absolute Gasteiger partial charge is 0.351 e. The molecule has 0 aromatic carbocycles. The molecule has 90 valence electrons. The molecule has 1 aromatic heterocycles. The lowest BCUT2D eigenvalue weighted by Crippen LogP contribution is -2.29. The van der Waals surface area contributed by atoms with Crippen molar-refractivity contribution >= 4 is 21.8 Å². The lowest BCUT2D eigenvalue weighted by Gasteiger charge is -2.09. The van der Waals surface area contributed by atoms with Crippen LogP contribution in [0.5, 0.6) is 0 Å². The van der Waals surface area contributed by atoms with Crippen LogP contribution < -0.4 is 5.32 Å². The van der Waals surface area contributed by atoms with Gasteiger partial charge >= 0.3 is 0 Å². The van der Waals surface area contributed by atoms with E-state index in [1.165, 1.54) is 0 Å². The second kappa shape index (κ2) is 6.03. The molecular formula is C11H18BrN3O. The lowest BCUT2D eigenvalue weighted by atomic mass is 10.2. The van der Waals surface area contributed by atoms with Crippen LogP contribution in [0, 0.1) is 6.92 Å². The van der Waals surface area contributed by atoms with Crippen molar-refractivity contribution in [2.75, 3.05) is 6.54 Å². The fraction of sp³-hybridized carbons (Fsp3) is 0.636. The van der Waals surface area contributed by atoms with E-state index in [0.29, 0.717) is 16.9 Å². The summed E-state index contributed by atoms with van der Waals surface area (Å²) < 4.78 is 1.70. The zero-order valence-electron chi connectivity index (χ0n) is 9.96. The number of amides is 1. The molecule has 0 bridgehead atoms. The summed E-state index contributed by atoms with van der Waals surface area (Å²) in [6.07, 6.45) is 3.78. The molecule has 0 aliphatic heterocycles. The Bertz CT molecular complexity index is 362. The molecule has 0 saturated heterocycles. The summed E-state index contributed by atoms with van der Waals surface area (Å²) in [6.45, 7) is 4.67. The van der Waals surface area contributed by atoms with Gasteiger partial charge in [0, 0.05) is 24.1 Å². The predicted octanol–water partition coefficient (Wildman–Crippen LogP) is 2.02. The van der Waals surface area contributed by atoms with E-state index in [0.717, 1.165) is 18.5 Å². The Morgan fingerprint density at radius 2 is 2.38 bits per heavy atom. The van der Waals surface area contributed by atoms with Crippen LogP contribution in [0.1, 0.15) is 35.8 Å². The number of nitrogens with one attached hydrogen (secondary N) is 1. The van der Waals surface area contributed by atoms with Gasteiger partial charge < -0.3 is 5.32 Å². The number of aryl methyl sites for hydroxylation is 1. The maximum atomic E-state index is 11.8. The van der Waals surface area contributed by atoms with Crippen molar-refractivity contribution in [3.8, 4) is 0 Å². The third-order valence-electron chi connectivity index (χ3n) is 2.57. The zero-order chi connectivity index (χ0) is 12.1. The van der Waals surface area contributed by atoms with Crippen LogP contribution in [-0.4, -0.2) is 27.1 Å². The van der Waals surface area contributed by atoms with Gasteiger partial charge in [-0.15, -0.1) is 0 Å². The van der Waals surface area contributed by atoms with Crippen molar-refractivity contribution in [1.82, 2.24) is 15.1 Å². The molecule has 0 aliphatic carbocycles. The van der Waals surface area contributed by atoms with Crippen LogP contribution in [0.2, 0.25) is 0 Å². The topological polar surface area (TPSA) is 46.9 Å². The smallest absolute Gasteiger partial charge is 0.254 e. The summed E-state index contributed by atoms with van der Waals surface area (Å²) in [6, 6.07) is 0. The van der Waals surface area contributed by atoms with Gasteiger partial charge in [0.2, 0.25) is 0 Å². The average Bonchev–Trinajstić information content (AvgIpc) is 2.57.